The average molecular weight is 310 g/mol. The van der Waals surface area contributed by atoms with E-state index in [9.17, 15) is 9.90 Å². The SMILES string of the molecule is CN(CC[C@@H](O)c1ccccc1)C(=O)c1cn2cccnc2n1. The van der Waals surface area contributed by atoms with Crippen LogP contribution in [0.1, 0.15) is 28.6 Å². The Morgan fingerprint density at radius 1 is 1.30 bits per heavy atom. The molecule has 118 valence electrons. The third-order valence-electron chi connectivity index (χ3n) is 3.72. The van der Waals surface area contributed by atoms with E-state index in [4.69, 9.17) is 0 Å². The van der Waals surface area contributed by atoms with Crippen LogP contribution in [-0.4, -0.2) is 43.9 Å². The molecule has 0 radical (unpaired) electrons. The molecular formula is C17H18N4O2. The molecule has 0 aliphatic carbocycles. The Hall–Kier alpha value is -2.73. The van der Waals surface area contributed by atoms with Crippen molar-refractivity contribution in [1.82, 2.24) is 19.3 Å². The van der Waals surface area contributed by atoms with Crippen molar-refractivity contribution in [1.29, 1.82) is 0 Å². The van der Waals surface area contributed by atoms with Crippen molar-refractivity contribution in [2.24, 2.45) is 0 Å². The van der Waals surface area contributed by atoms with Gasteiger partial charge in [0.25, 0.3) is 5.91 Å². The molecule has 0 fully saturated rings. The van der Waals surface area contributed by atoms with Crippen LogP contribution in [0.2, 0.25) is 0 Å². The van der Waals surface area contributed by atoms with Gasteiger partial charge in [0.2, 0.25) is 5.78 Å². The van der Waals surface area contributed by atoms with Crippen LogP contribution >= 0.6 is 0 Å². The number of carbonyl (C=O) groups excluding carboxylic acids is 1. The molecule has 23 heavy (non-hydrogen) atoms. The number of aromatic nitrogens is 3. The molecule has 3 aromatic rings. The summed E-state index contributed by atoms with van der Waals surface area (Å²) in [5.74, 6) is 0.310. The molecule has 0 saturated heterocycles. The van der Waals surface area contributed by atoms with Crippen molar-refractivity contribution in [3.8, 4) is 0 Å². The maximum atomic E-state index is 12.4. The second-order valence-electron chi connectivity index (χ2n) is 5.39. The number of aliphatic hydroxyl groups is 1. The molecule has 2 aromatic heterocycles. The summed E-state index contributed by atoms with van der Waals surface area (Å²) in [5.41, 5.74) is 1.20. The zero-order chi connectivity index (χ0) is 16.2. The molecular weight excluding hydrogens is 292 g/mol. The molecule has 0 bridgehead atoms. The Bertz CT molecular complexity index is 767. The lowest BCUT2D eigenvalue weighted by molar-refractivity contribution is 0.0756. The van der Waals surface area contributed by atoms with E-state index in [2.05, 4.69) is 9.97 Å². The number of carbonyl (C=O) groups is 1. The van der Waals surface area contributed by atoms with Crippen molar-refractivity contribution >= 4 is 11.7 Å². The van der Waals surface area contributed by atoms with E-state index < -0.39 is 6.10 Å². The van der Waals surface area contributed by atoms with Gasteiger partial charge in [-0.15, -0.1) is 0 Å². The molecule has 0 unspecified atom stereocenters. The van der Waals surface area contributed by atoms with Gasteiger partial charge in [0.05, 0.1) is 6.10 Å². The minimum Gasteiger partial charge on any atom is -0.388 e. The number of benzene rings is 1. The molecule has 0 spiro atoms. The van der Waals surface area contributed by atoms with Crippen LogP contribution in [-0.2, 0) is 0 Å². The first kappa shape index (κ1) is 15.2. The normalized spacial score (nSPS) is 12.3. The Labute approximate surface area is 134 Å². The van der Waals surface area contributed by atoms with Gasteiger partial charge in [-0.2, -0.15) is 0 Å². The predicted molar refractivity (Wildman–Crippen MR) is 86.0 cm³/mol. The number of fused-ring (bicyclic) bond motifs is 1. The quantitative estimate of drug-likeness (QED) is 0.781. The number of rotatable bonds is 5. The molecule has 1 aromatic carbocycles. The highest BCUT2D eigenvalue weighted by molar-refractivity contribution is 5.92. The van der Waals surface area contributed by atoms with E-state index in [0.717, 1.165) is 5.56 Å². The van der Waals surface area contributed by atoms with Gasteiger partial charge in [0, 0.05) is 32.2 Å². The number of hydrogen-bond donors (Lipinski definition) is 1. The Kier molecular flexibility index (Phi) is 4.34. The number of nitrogens with zero attached hydrogens (tertiary/aromatic N) is 4. The van der Waals surface area contributed by atoms with E-state index >= 15 is 0 Å². The molecule has 1 N–H and O–H groups in total. The van der Waals surface area contributed by atoms with Gasteiger partial charge in [-0.3, -0.25) is 9.20 Å². The maximum Gasteiger partial charge on any atom is 0.273 e. The van der Waals surface area contributed by atoms with Gasteiger partial charge in [0.15, 0.2) is 0 Å². The third kappa shape index (κ3) is 3.37. The Morgan fingerprint density at radius 3 is 2.83 bits per heavy atom. The lowest BCUT2D eigenvalue weighted by Crippen LogP contribution is -2.29. The smallest absolute Gasteiger partial charge is 0.273 e. The summed E-state index contributed by atoms with van der Waals surface area (Å²) in [5, 5.41) is 10.2. The molecule has 2 heterocycles. The molecule has 6 nitrogen and oxygen atoms in total. The van der Waals surface area contributed by atoms with E-state index in [1.54, 1.807) is 41.0 Å². The van der Waals surface area contributed by atoms with Gasteiger partial charge < -0.3 is 10.0 Å². The van der Waals surface area contributed by atoms with Crippen LogP contribution in [0.15, 0.2) is 55.0 Å². The summed E-state index contributed by atoms with van der Waals surface area (Å²) in [6.07, 6.45) is 4.98. The number of imidazole rings is 1. The Balaban J connectivity index is 1.63. The number of hydrogen-bond acceptors (Lipinski definition) is 4. The van der Waals surface area contributed by atoms with Crippen molar-refractivity contribution in [3.63, 3.8) is 0 Å². The average Bonchev–Trinajstić information content (AvgIpc) is 3.03. The zero-order valence-electron chi connectivity index (χ0n) is 12.8. The highest BCUT2D eigenvalue weighted by Gasteiger charge is 2.17. The van der Waals surface area contributed by atoms with E-state index in [0.29, 0.717) is 24.4 Å². The second-order valence-corrected chi connectivity index (χ2v) is 5.39. The summed E-state index contributed by atoms with van der Waals surface area (Å²) >= 11 is 0. The monoisotopic (exact) mass is 310 g/mol. The van der Waals surface area contributed by atoms with Crippen LogP contribution in [0.4, 0.5) is 0 Å². The van der Waals surface area contributed by atoms with Crippen molar-refractivity contribution in [3.05, 3.63) is 66.2 Å². The van der Waals surface area contributed by atoms with Gasteiger partial charge >= 0.3 is 0 Å². The molecule has 1 amide bonds. The van der Waals surface area contributed by atoms with Crippen molar-refractivity contribution < 1.29 is 9.90 Å². The highest BCUT2D eigenvalue weighted by Crippen LogP contribution is 2.16. The third-order valence-corrected chi connectivity index (χ3v) is 3.72. The lowest BCUT2D eigenvalue weighted by Gasteiger charge is -2.18. The molecule has 0 saturated carbocycles. The van der Waals surface area contributed by atoms with Crippen LogP contribution in [0.25, 0.3) is 5.78 Å². The van der Waals surface area contributed by atoms with Crippen LogP contribution in [0, 0.1) is 0 Å². The first-order chi connectivity index (χ1) is 11.1. The molecule has 6 heteroatoms. The summed E-state index contributed by atoms with van der Waals surface area (Å²) in [6.45, 7) is 0.441. The first-order valence-corrected chi connectivity index (χ1v) is 7.43. The van der Waals surface area contributed by atoms with Crippen molar-refractivity contribution in [2.45, 2.75) is 12.5 Å². The van der Waals surface area contributed by atoms with Gasteiger partial charge in [-0.05, 0) is 18.1 Å². The zero-order valence-corrected chi connectivity index (χ0v) is 12.8. The lowest BCUT2D eigenvalue weighted by atomic mass is 10.1. The first-order valence-electron chi connectivity index (χ1n) is 7.43. The summed E-state index contributed by atoms with van der Waals surface area (Å²) in [6, 6.07) is 11.2. The Morgan fingerprint density at radius 2 is 2.09 bits per heavy atom. The van der Waals surface area contributed by atoms with Crippen LogP contribution in [0.5, 0.6) is 0 Å². The largest absolute Gasteiger partial charge is 0.388 e. The van der Waals surface area contributed by atoms with E-state index in [1.807, 2.05) is 30.3 Å². The number of aliphatic hydroxyl groups excluding tert-OH is 1. The minimum atomic E-state index is -0.589. The van der Waals surface area contributed by atoms with Gasteiger partial charge in [0.1, 0.15) is 5.69 Å². The standard InChI is InChI=1S/C17H18N4O2/c1-20(11-8-15(22)13-6-3-2-4-7-13)16(23)14-12-21-10-5-9-18-17(21)19-14/h2-7,9-10,12,15,22H,8,11H2,1H3/t15-/m1/s1. The maximum absolute atomic E-state index is 12.4. The summed E-state index contributed by atoms with van der Waals surface area (Å²) in [4.78, 5) is 22.3. The fraction of sp³-hybridized carbons (Fsp3) is 0.235. The molecule has 0 aliphatic heterocycles. The summed E-state index contributed by atoms with van der Waals surface area (Å²) in [7, 11) is 1.71. The minimum absolute atomic E-state index is 0.184. The predicted octanol–water partition coefficient (Wildman–Crippen LogP) is 1.92. The van der Waals surface area contributed by atoms with Crippen LogP contribution in [0.3, 0.4) is 0 Å². The van der Waals surface area contributed by atoms with Crippen LogP contribution < -0.4 is 0 Å². The van der Waals surface area contributed by atoms with E-state index in [1.165, 1.54) is 0 Å². The summed E-state index contributed by atoms with van der Waals surface area (Å²) < 4.78 is 1.71. The molecule has 0 aliphatic rings. The highest BCUT2D eigenvalue weighted by atomic mass is 16.3. The molecule has 3 rings (SSSR count). The topological polar surface area (TPSA) is 70.7 Å². The fourth-order valence-corrected chi connectivity index (χ4v) is 2.39. The van der Waals surface area contributed by atoms with Crippen molar-refractivity contribution in [2.75, 3.05) is 13.6 Å². The van der Waals surface area contributed by atoms with E-state index in [-0.39, 0.29) is 5.91 Å². The van der Waals surface area contributed by atoms with Gasteiger partial charge in [-0.25, -0.2) is 9.97 Å². The molecule has 1 atom stereocenters. The number of amides is 1. The van der Waals surface area contributed by atoms with Gasteiger partial charge in [-0.1, -0.05) is 30.3 Å². The second kappa shape index (κ2) is 6.58. The fourth-order valence-electron chi connectivity index (χ4n) is 2.39.